The van der Waals surface area contributed by atoms with Crippen LogP contribution >= 0.6 is 0 Å². The minimum atomic E-state index is -0.309. The van der Waals surface area contributed by atoms with Crippen molar-refractivity contribution in [3.8, 4) is 5.75 Å². The minimum absolute atomic E-state index is 0.0805. The van der Waals surface area contributed by atoms with Crippen LogP contribution in [0.4, 0.5) is 10.1 Å². The normalized spacial score (nSPS) is 11.9. The molecule has 4 heteroatoms. The summed E-state index contributed by atoms with van der Waals surface area (Å²) in [6.45, 7) is -0.0805. The molecule has 0 bridgehead atoms. The number of rotatable bonds is 5. The van der Waals surface area contributed by atoms with Gasteiger partial charge < -0.3 is 15.2 Å². The van der Waals surface area contributed by atoms with E-state index < -0.39 is 0 Å². The van der Waals surface area contributed by atoms with E-state index in [-0.39, 0.29) is 18.5 Å². The Labute approximate surface area is 111 Å². The van der Waals surface area contributed by atoms with Crippen molar-refractivity contribution in [3.05, 3.63) is 59.9 Å². The van der Waals surface area contributed by atoms with Crippen molar-refractivity contribution in [3.63, 3.8) is 0 Å². The van der Waals surface area contributed by atoms with Crippen LogP contribution in [-0.2, 0) is 0 Å². The first-order valence-electron chi connectivity index (χ1n) is 6.00. The van der Waals surface area contributed by atoms with Gasteiger partial charge in [0.05, 0.1) is 19.8 Å². The van der Waals surface area contributed by atoms with Crippen molar-refractivity contribution < 1.29 is 14.2 Å². The number of halogens is 1. The van der Waals surface area contributed by atoms with E-state index in [0.717, 1.165) is 11.3 Å². The maximum Gasteiger partial charge on any atom is 0.125 e. The number of anilines is 1. The Bertz CT molecular complexity index is 528. The Morgan fingerprint density at radius 2 is 1.95 bits per heavy atom. The van der Waals surface area contributed by atoms with Crippen molar-refractivity contribution in [2.75, 3.05) is 19.0 Å². The molecule has 0 saturated carbocycles. The fourth-order valence-corrected chi connectivity index (χ4v) is 1.85. The quantitative estimate of drug-likeness (QED) is 0.869. The van der Waals surface area contributed by atoms with E-state index in [1.165, 1.54) is 12.1 Å². The molecular formula is C15H16FNO2. The first-order valence-corrected chi connectivity index (χ1v) is 6.00. The van der Waals surface area contributed by atoms with Gasteiger partial charge in [-0.1, -0.05) is 18.2 Å². The van der Waals surface area contributed by atoms with Crippen LogP contribution in [0.25, 0.3) is 0 Å². The summed E-state index contributed by atoms with van der Waals surface area (Å²) in [5.74, 6) is 0.447. The van der Waals surface area contributed by atoms with Crippen LogP contribution in [0.5, 0.6) is 5.75 Å². The highest BCUT2D eigenvalue weighted by Gasteiger charge is 2.10. The van der Waals surface area contributed by atoms with E-state index >= 15 is 0 Å². The summed E-state index contributed by atoms with van der Waals surface area (Å²) in [4.78, 5) is 0. The predicted molar refractivity (Wildman–Crippen MR) is 72.8 cm³/mol. The summed E-state index contributed by atoms with van der Waals surface area (Å²) < 4.78 is 18.2. The Kier molecular flexibility index (Phi) is 4.36. The van der Waals surface area contributed by atoms with Crippen molar-refractivity contribution in [1.29, 1.82) is 0 Å². The molecule has 2 N–H and O–H groups in total. The van der Waals surface area contributed by atoms with Crippen molar-refractivity contribution >= 4 is 5.69 Å². The highest BCUT2D eigenvalue weighted by atomic mass is 19.1. The second kappa shape index (κ2) is 6.20. The van der Waals surface area contributed by atoms with E-state index in [1.54, 1.807) is 19.2 Å². The number of ether oxygens (including phenoxy) is 1. The molecule has 1 unspecified atom stereocenters. The third-order valence-electron chi connectivity index (χ3n) is 2.87. The van der Waals surface area contributed by atoms with Gasteiger partial charge in [0.1, 0.15) is 11.6 Å². The molecule has 0 saturated heterocycles. The van der Waals surface area contributed by atoms with E-state index in [2.05, 4.69) is 5.32 Å². The van der Waals surface area contributed by atoms with Gasteiger partial charge in [0.2, 0.25) is 0 Å². The van der Waals surface area contributed by atoms with Crippen molar-refractivity contribution in [2.45, 2.75) is 6.04 Å². The number of methoxy groups -OCH3 is 1. The average Bonchev–Trinajstić information content (AvgIpc) is 2.45. The molecule has 0 spiro atoms. The van der Waals surface area contributed by atoms with Crippen LogP contribution < -0.4 is 10.1 Å². The highest BCUT2D eigenvalue weighted by molar-refractivity contribution is 5.46. The van der Waals surface area contributed by atoms with Gasteiger partial charge in [0.25, 0.3) is 0 Å². The van der Waals surface area contributed by atoms with Crippen LogP contribution in [-0.4, -0.2) is 18.8 Å². The van der Waals surface area contributed by atoms with Crippen LogP contribution in [0.3, 0.4) is 0 Å². The fraction of sp³-hybridized carbons (Fsp3) is 0.200. The molecule has 19 heavy (non-hydrogen) atoms. The maximum absolute atomic E-state index is 13.1. The molecule has 2 aromatic carbocycles. The van der Waals surface area contributed by atoms with Gasteiger partial charge in [0, 0.05) is 5.69 Å². The SMILES string of the molecule is COc1ccc(C(CO)Nc2cccc(F)c2)cc1. The highest BCUT2D eigenvalue weighted by Crippen LogP contribution is 2.22. The lowest BCUT2D eigenvalue weighted by molar-refractivity contribution is 0.276. The van der Waals surface area contributed by atoms with Gasteiger partial charge in [-0.2, -0.15) is 0 Å². The number of aliphatic hydroxyl groups is 1. The van der Waals surface area contributed by atoms with E-state index in [1.807, 2.05) is 24.3 Å². The molecule has 0 aliphatic heterocycles. The summed E-state index contributed by atoms with van der Waals surface area (Å²) in [6.07, 6.45) is 0. The predicted octanol–water partition coefficient (Wildman–Crippen LogP) is 2.98. The van der Waals surface area contributed by atoms with Crippen LogP contribution in [0, 0.1) is 5.82 Å². The third kappa shape index (κ3) is 3.45. The standard InChI is InChI=1S/C15H16FNO2/c1-19-14-7-5-11(6-8-14)15(10-18)17-13-4-2-3-12(16)9-13/h2-9,15,17-18H,10H2,1H3. The lowest BCUT2D eigenvalue weighted by Gasteiger charge is -2.18. The number of hydrogen-bond acceptors (Lipinski definition) is 3. The molecule has 0 aromatic heterocycles. The van der Waals surface area contributed by atoms with Gasteiger partial charge in [-0.05, 0) is 35.9 Å². The van der Waals surface area contributed by atoms with Gasteiger partial charge in [-0.3, -0.25) is 0 Å². The lowest BCUT2D eigenvalue weighted by atomic mass is 10.1. The zero-order valence-electron chi connectivity index (χ0n) is 10.6. The molecule has 0 heterocycles. The molecule has 100 valence electrons. The number of benzene rings is 2. The maximum atomic E-state index is 13.1. The summed E-state index contributed by atoms with van der Waals surface area (Å²) in [7, 11) is 1.60. The van der Waals surface area contributed by atoms with E-state index in [4.69, 9.17) is 4.74 Å². The van der Waals surface area contributed by atoms with E-state index in [9.17, 15) is 9.50 Å². The largest absolute Gasteiger partial charge is 0.497 e. The van der Waals surface area contributed by atoms with Crippen molar-refractivity contribution in [1.82, 2.24) is 0 Å². The molecule has 3 nitrogen and oxygen atoms in total. The average molecular weight is 261 g/mol. The minimum Gasteiger partial charge on any atom is -0.497 e. The van der Waals surface area contributed by atoms with Gasteiger partial charge >= 0.3 is 0 Å². The van der Waals surface area contributed by atoms with Crippen molar-refractivity contribution in [2.24, 2.45) is 0 Å². The Morgan fingerprint density at radius 3 is 2.53 bits per heavy atom. The van der Waals surface area contributed by atoms with Crippen LogP contribution in [0.1, 0.15) is 11.6 Å². The second-order valence-corrected chi connectivity index (χ2v) is 4.16. The zero-order valence-corrected chi connectivity index (χ0v) is 10.6. The number of hydrogen-bond donors (Lipinski definition) is 2. The lowest BCUT2D eigenvalue weighted by Crippen LogP contribution is -2.14. The molecule has 0 amide bonds. The van der Waals surface area contributed by atoms with Gasteiger partial charge in [-0.25, -0.2) is 4.39 Å². The second-order valence-electron chi connectivity index (χ2n) is 4.16. The summed E-state index contributed by atoms with van der Waals surface area (Å²) in [5, 5.41) is 12.5. The van der Waals surface area contributed by atoms with Crippen LogP contribution in [0.2, 0.25) is 0 Å². The molecule has 2 rings (SSSR count). The van der Waals surface area contributed by atoms with Gasteiger partial charge in [0.15, 0.2) is 0 Å². The van der Waals surface area contributed by atoms with E-state index in [0.29, 0.717) is 5.69 Å². The molecule has 2 aromatic rings. The number of aliphatic hydroxyl groups excluding tert-OH is 1. The molecule has 0 radical (unpaired) electrons. The monoisotopic (exact) mass is 261 g/mol. The molecular weight excluding hydrogens is 245 g/mol. The molecule has 0 fully saturated rings. The summed E-state index contributed by atoms with van der Waals surface area (Å²) >= 11 is 0. The molecule has 1 atom stereocenters. The Morgan fingerprint density at radius 1 is 1.21 bits per heavy atom. The topological polar surface area (TPSA) is 41.5 Å². The first kappa shape index (κ1) is 13.4. The first-order chi connectivity index (χ1) is 9.22. The number of nitrogens with one attached hydrogen (secondary N) is 1. The smallest absolute Gasteiger partial charge is 0.125 e. The fourth-order valence-electron chi connectivity index (χ4n) is 1.85. The Balaban J connectivity index is 2.15. The third-order valence-corrected chi connectivity index (χ3v) is 2.87. The van der Waals surface area contributed by atoms with Crippen LogP contribution in [0.15, 0.2) is 48.5 Å². The molecule has 0 aliphatic carbocycles. The zero-order chi connectivity index (χ0) is 13.7. The Hall–Kier alpha value is -2.07. The summed E-state index contributed by atoms with van der Waals surface area (Å²) in [5.41, 5.74) is 1.54. The molecule has 0 aliphatic rings. The van der Waals surface area contributed by atoms with Gasteiger partial charge in [-0.15, -0.1) is 0 Å². The summed E-state index contributed by atoms with van der Waals surface area (Å²) in [6, 6.07) is 13.3.